The summed E-state index contributed by atoms with van der Waals surface area (Å²) in [6.07, 6.45) is 2.54. The minimum Gasteiger partial charge on any atom is -0.479 e. The number of aromatic nitrogens is 1. The second-order valence-electron chi connectivity index (χ2n) is 6.72. The zero-order chi connectivity index (χ0) is 15.8. The molecule has 0 N–H and O–H groups in total. The number of amides is 1. The van der Waals surface area contributed by atoms with Crippen molar-refractivity contribution in [2.45, 2.75) is 18.9 Å². The van der Waals surface area contributed by atoms with Gasteiger partial charge in [0.1, 0.15) is 0 Å². The van der Waals surface area contributed by atoms with Crippen molar-refractivity contribution in [2.75, 3.05) is 46.5 Å². The van der Waals surface area contributed by atoms with Gasteiger partial charge in [0, 0.05) is 31.0 Å². The van der Waals surface area contributed by atoms with Crippen molar-refractivity contribution in [3.63, 3.8) is 0 Å². The summed E-state index contributed by atoms with van der Waals surface area (Å²) in [4.78, 5) is 17.1. The molecule has 0 bridgehead atoms. The normalized spacial score (nSPS) is 31.3. The molecule has 0 aromatic carbocycles. The molecule has 0 radical (unpaired) electrons. The highest BCUT2D eigenvalue weighted by Gasteiger charge is 2.45. The first-order valence-electron chi connectivity index (χ1n) is 8.38. The Hall–Kier alpha value is -1.60. The van der Waals surface area contributed by atoms with Crippen LogP contribution in [-0.2, 0) is 4.74 Å². The molecule has 4 rings (SSSR count). The molecule has 1 amide bonds. The predicted molar refractivity (Wildman–Crippen MR) is 81.4 cm³/mol. The fourth-order valence-corrected chi connectivity index (χ4v) is 4.20. The van der Waals surface area contributed by atoms with Gasteiger partial charge >= 0.3 is 0 Å². The summed E-state index contributed by atoms with van der Waals surface area (Å²) in [5, 5.41) is 3.72. The lowest BCUT2D eigenvalue weighted by Gasteiger charge is -2.38. The van der Waals surface area contributed by atoms with Crippen LogP contribution in [0.2, 0.25) is 0 Å². The molecule has 23 heavy (non-hydrogen) atoms. The lowest BCUT2D eigenvalue weighted by Crippen LogP contribution is -2.49. The molecular weight excluding hydrogens is 298 g/mol. The van der Waals surface area contributed by atoms with Gasteiger partial charge in [-0.05, 0) is 31.1 Å². The molecule has 3 atom stereocenters. The van der Waals surface area contributed by atoms with E-state index in [-0.39, 0.29) is 11.7 Å². The molecule has 3 aliphatic rings. The van der Waals surface area contributed by atoms with Gasteiger partial charge in [-0.3, -0.25) is 9.69 Å². The summed E-state index contributed by atoms with van der Waals surface area (Å²) in [7, 11) is 1.51. The lowest BCUT2D eigenvalue weighted by atomic mass is 9.87. The minimum atomic E-state index is -0.102. The highest BCUT2D eigenvalue weighted by atomic mass is 16.5. The molecule has 3 fully saturated rings. The Kier molecular flexibility index (Phi) is 3.98. The molecule has 1 aromatic heterocycles. The van der Waals surface area contributed by atoms with Crippen LogP contribution in [0.5, 0.6) is 5.88 Å². The quantitative estimate of drug-likeness (QED) is 0.823. The van der Waals surface area contributed by atoms with Crippen molar-refractivity contribution >= 4 is 5.91 Å². The van der Waals surface area contributed by atoms with Crippen LogP contribution in [0.1, 0.15) is 23.4 Å². The van der Waals surface area contributed by atoms with Gasteiger partial charge in [0.25, 0.3) is 11.8 Å². The number of nitrogens with zero attached hydrogens (tertiary/aromatic N) is 3. The first kappa shape index (κ1) is 15.0. The number of ether oxygens (including phenoxy) is 2. The van der Waals surface area contributed by atoms with Crippen LogP contribution in [0.25, 0.3) is 0 Å². The van der Waals surface area contributed by atoms with E-state index in [1.54, 1.807) is 6.07 Å². The summed E-state index contributed by atoms with van der Waals surface area (Å²) < 4.78 is 15.9. The Balaban J connectivity index is 1.47. The summed E-state index contributed by atoms with van der Waals surface area (Å²) in [6.45, 7) is 5.36. The number of likely N-dealkylation sites (tertiary alicyclic amines) is 2. The number of fused-ring (bicyclic) bond motifs is 1. The molecule has 4 heterocycles. The van der Waals surface area contributed by atoms with Gasteiger partial charge in [-0.15, -0.1) is 0 Å². The van der Waals surface area contributed by atoms with E-state index in [9.17, 15) is 4.79 Å². The van der Waals surface area contributed by atoms with Gasteiger partial charge in [0.05, 0.1) is 26.4 Å². The van der Waals surface area contributed by atoms with Crippen LogP contribution < -0.4 is 4.74 Å². The molecule has 1 aromatic rings. The maximum Gasteiger partial charge on any atom is 0.292 e. The average molecular weight is 321 g/mol. The van der Waals surface area contributed by atoms with E-state index in [4.69, 9.17) is 14.0 Å². The summed E-state index contributed by atoms with van der Waals surface area (Å²) in [5.41, 5.74) is 0. The van der Waals surface area contributed by atoms with E-state index in [1.807, 2.05) is 4.90 Å². The number of methoxy groups -OCH3 is 1. The van der Waals surface area contributed by atoms with E-state index < -0.39 is 0 Å². The van der Waals surface area contributed by atoms with Crippen LogP contribution in [-0.4, -0.2) is 73.4 Å². The van der Waals surface area contributed by atoms with Crippen molar-refractivity contribution in [3.05, 3.63) is 11.8 Å². The molecule has 7 nitrogen and oxygen atoms in total. The van der Waals surface area contributed by atoms with Crippen molar-refractivity contribution in [2.24, 2.45) is 11.8 Å². The smallest absolute Gasteiger partial charge is 0.292 e. The van der Waals surface area contributed by atoms with Crippen molar-refractivity contribution in [1.29, 1.82) is 0 Å². The fourth-order valence-electron chi connectivity index (χ4n) is 4.20. The standard InChI is InChI=1S/C16H23N3O4/c1-21-15-6-14(23-17-15)16(20)19-7-11-9-22-10-13(12(11)8-19)18-4-2-3-5-18/h6,11-13H,2-5,7-10H2,1H3/t11-,12-,13-/m1/s1. The van der Waals surface area contributed by atoms with Gasteiger partial charge in [-0.2, -0.15) is 0 Å². The Morgan fingerprint density at radius 3 is 2.87 bits per heavy atom. The second-order valence-corrected chi connectivity index (χ2v) is 6.72. The number of carbonyl (C=O) groups excluding carboxylic acids is 1. The monoisotopic (exact) mass is 321 g/mol. The number of carbonyl (C=O) groups is 1. The Morgan fingerprint density at radius 1 is 1.30 bits per heavy atom. The Bertz CT molecular complexity index is 569. The van der Waals surface area contributed by atoms with E-state index in [0.29, 0.717) is 23.8 Å². The molecule has 126 valence electrons. The number of hydrogen-bond acceptors (Lipinski definition) is 6. The largest absolute Gasteiger partial charge is 0.479 e. The molecule has 0 unspecified atom stereocenters. The van der Waals surface area contributed by atoms with Crippen molar-refractivity contribution < 1.29 is 18.8 Å². The zero-order valence-electron chi connectivity index (χ0n) is 13.4. The van der Waals surface area contributed by atoms with E-state index in [0.717, 1.165) is 39.4 Å². The van der Waals surface area contributed by atoms with Gasteiger partial charge < -0.3 is 18.9 Å². The van der Waals surface area contributed by atoms with Crippen molar-refractivity contribution in [3.8, 4) is 5.88 Å². The highest BCUT2D eigenvalue weighted by Crippen LogP contribution is 2.35. The predicted octanol–water partition coefficient (Wildman–Crippen LogP) is 0.866. The second kappa shape index (κ2) is 6.13. The lowest BCUT2D eigenvalue weighted by molar-refractivity contribution is -0.0308. The van der Waals surface area contributed by atoms with E-state index >= 15 is 0 Å². The van der Waals surface area contributed by atoms with E-state index in [1.165, 1.54) is 20.0 Å². The number of hydrogen-bond donors (Lipinski definition) is 0. The van der Waals surface area contributed by atoms with Crippen LogP contribution in [0.4, 0.5) is 0 Å². The van der Waals surface area contributed by atoms with Crippen LogP contribution in [0, 0.1) is 11.8 Å². The Morgan fingerprint density at radius 2 is 2.13 bits per heavy atom. The summed E-state index contributed by atoms with van der Waals surface area (Å²) >= 11 is 0. The summed E-state index contributed by atoms with van der Waals surface area (Å²) in [6, 6.07) is 2.00. The van der Waals surface area contributed by atoms with Crippen LogP contribution >= 0.6 is 0 Å². The first-order chi connectivity index (χ1) is 11.3. The van der Waals surface area contributed by atoms with E-state index in [2.05, 4.69) is 10.1 Å². The topological polar surface area (TPSA) is 68.0 Å². The third-order valence-corrected chi connectivity index (χ3v) is 5.41. The third-order valence-electron chi connectivity index (χ3n) is 5.41. The molecule has 0 saturated carbocycles. The molecule has 0 spiro atoms. The van der Waals surface area contributed by atoms with Crippen LogP contribution in [0.15, 0.2) is 10.6 Å². The molecule has 3 aliphatic heterocycles. The zero-order valence-corrected chi connectivity index (χ0v) is 13.4. The van der Waals surface area contributed by atoms with Crippen molar-refractivity contribution in [1.82, 2.24) is 15.0 Å². The highest BCUT2D eigenvalue weighted by molar-refractivity contribution is 5.91. The fraction of sp³-hybridized carbons (Fsp3) is 0.750. The Labute approximate surface area is 135 Å². The van der Waals surface area contributed by atoms with Gasteiger partial charge in [-0.25, -0.2) is 0 Å². The SMILES string of the molecule is COc1cc(C(=O)N2C[C@@H]3COC[C@@H](N4CCCC4)[C@@H]3C2)on1. The third kappa shape index (κ3) is 2.72. The molecule has 7 heteroatoms. The van der Waals surface area contributed by atoms with Gasteiger partial charge in [0.2, 0.25) is 5.76 Å². The number of rotatable bonds is 3. The molecular formula is C16H23N3O4. The average Bonchev–Trinajstić information content (AvgIpc) is 3.32. The van der Waals surface area contributed by atoms with Crippen LogP contribution in [0.3, 0.4) is 0 Å². The molecule has 0 aliphatic carbocycles. The first-order valence-corrected chi connectivity index (χ1v) is 8.38. The minimum absolute atomic E-state index is 0.102. The molecule has 3 saturated heterocycles. The maximum absolute atomic E-state index is 12.6. The summed E-state index contributed by atoms with van der Waals surface area (Å²) in [5.74, 6) is 1.40. The van der Waals surface area contributed by atoms with Gasteiger partial charge in [-0.1, -0.05) is 0 Å². The maximum atomic E-state index is 12.6. The van der Waals surface area contributed by atoms with Gasteiger partial charge in [0.15, 0.2) is 0 Å².